The SMILES string of the molecule is Cc1cc(NS(C)(=O)=O)ccc1Nc1cc(-c2ccc(F)cc2)[nH]n1. The number of benzene rings is 2. The van der Waals surface area contributed by atoms with Crippen LogP contribution in [0, 0.1) is 12.7 Å². The molecule has 3 aromatic rings. The van der Waals surface area contributed by atoms with Crippen LogP contribution in [0.15, 0.2) is 48.5 Å². The molecular weight excluding hydrogens is 343 g/mol. The molecule has 0 saturated carbocycles. The smallest absolute Gasteiger partial charge is 0.229 e. The first-order chi connectivity index (χ1) is 11.8. The third-order valence-electron chi connectivity index (χ3n) is 3.53. The van der Waals surface area contributed by atoms with E-state index in [0.29, 0.717) is 11.5 Å². The van der Waals surface area contributed by atoms with Crippen molar-refractivity contribution in [1.29, 1.82) is 0 Å². The quantitative estimate of drug-likeness (QED) is 0.648. The van der Waals surface area contributed by atoms with Gasteiger partial charge in [0.05, 0.1) is 11.9 Å². The van der Waals surface area contributed by atoms with Gasteiger partial charge in [-0.3, -0.25) is 9.82 Å². The van der Waals surface area contributed by atoms with Gasteiger partial charge in [0.2, 0.25) is 10.0 Å². The maximum atomic E-state index is 13.0. The van der Waals surface area contributed by atoms with Crippen molar-refractivity contribution in [3.8, 4) is 11.3 Å². The molecule has 0 radical (unpaired) electrons. The summed E-state index contributed by atoms with van der Waals surface area (Å²) >= 11 is 0. The molecule has 2 aromatic carbocycles. The number of aryl methyl sites for hydroxylation is 1. The molecule has 8 heteroatoms. The van der Waals surface area contributed by atoms with Gasteiger partial charge in [-0.05, 0) is 60.5 Å². The third-order valence-corrected chi connectivity index (χ3v) is 4.13. The number of aromatic amines is 1. The summed E-state index contributed by atoms with van der Waals surface area (Å²) in [7, 11) is -3.31. The molecule has 0 spiro atoms. The molecule has 0 amide bonds. The molecule has 6 nitrogen and oxygen atoms in total. The van der Waals surface area contributed by atoms with Gasteiger partial charge in [0.15, 0.2) is 5.82 Å². The fourth-order valence-corrected chi connectivity index (χ4v) is 2.94. The first kappa shape index (κ1) is 17.0. The van der Waals surface area contributed by atoms with Crippen LogP contribution in [0.3, 0.4) is 0 Å². The van der Waals surface area contributed by atoms with Crippen LogP contribution in [-0.2, 0) is 10.0 Å². The zero-order valence-corrected chi connectivity index (χ0v) is 14.5. The van der Waals surface area contributed by atoms with Crippen LogP contribution < -0.4 is 10.0 Å². The van der Waals surface area contributed by atoms with Crippen molar-refractivity contribution in [2.45, 2.75) is 6.92 Å². The van der Waals surface area contributed by atoms with Gasteiger partial charge in [0.25, 0.3) is 0 Å². The molecule has 25 heavy (non-hydrogen) atoms. The minimum atomic E-state index is -3.31. The zero-order valence-electron chi connectivity index (χ0n) is 13.7. The predicted molar refractivity (Wildman–Crippen MR) is 96.9 cm³/mol. The molecular formula is C17H17FN4O2S. The van der Waals surface area contributed by atoms with E-state index in [1.54, 1.807) is 30.3 Å². The van der Waals surface area contributed by atoms with Gasteiger partial charge in [0, 0.05) is 17.4 Å². The molecule has 130 valence electrons. The van der Waals surface area contributed by atoms with Gasteiger partial charge in [-0.15, -0.1) is 0 Å². The summed E-state index contributed by atoms with van der Waals surface area (Å²) in [6.45, 7) is 1.86. The van der Waals surface area contributed by atoms with Crippen molar-refractivity contribution < 1.29 is 12.8 Å². The van der Waals surface area contributed by atoms with Crippen LogP contribution in [0.2, 0.25) is 0 Å². The first-order valence-corrected chi connectivity index (χ1v) is 9.36. The second kappa shape index (κ2) is 6.56. The van der Waals surface area contributed by atoms with Crippen LogP contribution in [0.1, 0.15) is 5.56 Å². The van der Waals surface area contributed by atoms with Gasteiger partial charge in [-0.25, -0.2) is 12.8 Å². The lowest BCUT2D eigenvalue weighted by atomic mass is 10.1. The topological polar surface area (TPSA) is 86.9 Å². The molecule has 0 fully saturated rings. The molecule has 1 heterocycles. The fraction of sp³-hybridized carbons (Fsp3) is 0.118. The highest BCUT2D eigenvalue weighted by Crippen LogP contribution is 2.26. The summed E-state index contributed by atoms with van der Waals surface area (Å²) in [5, 5.41) is 10.3. The second-order valence-electron chi connectivity index (χ2n) is 5.70. The standard InChI is InChI=1S/C17H17FN4O2S/c1-11-9-14(22-25(2,23)24)7-8-15(11)19-17-10-16(20-21-17)12-3-5-13(18)6-4-12/h3-10,22H,1-2H3,(H2,19,20,21). The molecule has 0 saturated heterocycles. The van der Waals surface area contributed by atoms with E-state index < -0.39 is 10.0 Å². The van der Waals surface area contributed by atoms with E-state index in [0.717, 1.165) is 28.8 Å². The van der Waals surface area contributed by atoms with E-state index in [1.165, 1.54) is 12.1 Å². The Morgan fingerprint density at radius 1 is 1.08 bits per heavy atom. The highest BCUT2D eigenvalue weighted by molar-refractivity contribution is 7.92. The fourth-order valence-electron chi connectivity index (χ4n) is 2.38. The average molecular weight is 360 g/mol. The van der Waals surface area contributed by atoms with E-state index in [2.05, 4.69) is 20.2 Å². The maximum absolute atomic E-state index is 13.0. The number of sulfonamides is 1. The molecule has 0 bridgehead atoms. The summed E-state index contributed by atoms with van der Waals surface area (Å²) in [6, 6.07) is 13.1. The molecule has 3 rings (SSSR count). The Bertz CT molecular complexity index is 998. The van der Waals surface area contributed by atoms with Crippen LogP contribution >= 0.6 is 0 Å². The highest BCUT2D eigenvalue weighted by Gasteiger charge is 2.08. The lowest BCUT2D eigenvalue weighted by molar-refractivity contribution is 0.607. The zero-order chi connectivity index (χ0) is 18.0. The summed E-state index contributed by atoms with van der Waals surface area (Å²) in [5.41, 5.74) is 3.75. The van der Waals surface area contributed by atoms with Gasteiger partial charge in [0.1, 0.15) is 5.82 Å². The highest BCUT2D eigenvalue weighted by atomic mass is 32.2. The van der Waals surface area contributed by atoms with E-state index in [-0.39, 0.29) is 5.82 Å². The number of aromatic nitrogens is 2. The second-order valence-corrected chi connectivity index (χ2v) is 7.45. The minimum Gasteiger partial charge on any atom is -0.339 e. The van der Waals surface area contributed by atoms with Crippen LogP contribution in [-0.4, -0.2) is 24.9 Å². The monoisotopic (exact) mass is 360 g/mol. The molecule has 0 aliphatic carbocycles. The molecule has 0 aliphatic rings. The molecule has 1 aromatic heterocycles. The predicted octanol–water partition coefficient (Wildman–Crippen LogP) is 3.64. The maximum Gasteiger partial charge on any atom is 0.229 e. The number of anilines is 3. The molecule has 0 unspecified atom stereocenters. The van der Waals surface area contributed by atoms with Crippen molar-refractivity contribution in [3.63, 3.8) is 0 Å². The number of hydrogen-bond acceptors (Lipinski definition) is 4. The Balaban J connectivity index is 1.78. The van der Waals surface area contributed by atoms with E-state index >= 15 is 0 Å². The summed E-state index contributed by atoms with van der Waals surface area (Å²) in [5.74, 6) is 0.311. The van der Waals surface area contributed by atoms with Crippen LogP contribution in [0.5, 0.6) is 0 Å². The van der Waals surface area contributed by atoms with E-state index in [9.17, 15) is 12.8 Å². The van der Waals surface area contributed by atoms with Gasteiger partial charge in [-0.2, -0.15) is 5.10 Å². The third kappa shape index (κ3) is 4.36. The van der Waals surface area contributed by atoms with Crippen molar-refractivity contribution >= 4 is 27.2 Å². The van der Waals surface area contributed by atoms with Crippen molar-refractivity contribution in [1.82, 2.24) is 10.2 Å². The largest absolute Gasteiger partial charge is 0.339 e. The number of halogens is 1. The lowest BCUT2D eigenvalue weighted by Gasteiger charge is -2.10. The number of nitrogens with one attached hydrogen (secondary N) is 3. The average Bonchev–Trinajstić information content (AvgIpc) is 2.98. The normalized spacial score (nSPS) is 11.3. The molecule has 0 aliphatic heterocycles. The van der Waals surface area contributed by atoms with E-state index in [1.807, 2.05) is 13.0 Å². The molecule has 0 atom stereocenters. The summed E-state index contributed by atoms with van der Waals surface area (Å²) in [4.78, 5) is 0. The lowest BCUT2D eigenvalue weighted by Crippen LogP contribution is -2.09. The van der Waals surface area contributed by atoms with Crippen molar-refractivity contribution in [3.05, 3.63) is 59.9 Å². The summed E-state index contributed by atoms with van der Waals surface area (Å²) in [6.07, 6.45) is 1.11. The Morgan fingerprint density at radius 3 is 2.44 bits per heavy atom. The van der Waals surface area contributed by atoms with Crippen molar-refractivity contribution in [2.75, 3.05) is 16.3 Å². The van der Waals surface area contributed by atoms with Gasteiger partial charge >= 0.3 is 0 Å². The van der Waals surface area contributed by atoms with Gasteiger partial charge in [-0.1, -0.05) is 0 Å². The molecule has 3 N–H and O–H groups in total. The van der Waals surface area contributed by atoms with Gasteiger partial charge < -0.3 is 5.32 Å². The van der Waals surface area contributed by atoms with E-state index in [4.69, 9.17) is 0 Å². The van der Waals surface area contributed by atoms with Crippen molar-refractivity contribution in [2.24, 2.45) is 0 Å². The Morgan fingerprint density at radius 2 is 1.80 bits per heavy atom. The number of H-pyrrole nitrogens is 1. The van der Waals surface area contributed by atoms with Crippen LogP contribution in [0.25, 0.3) is 11.3 Å². The van der Waals surface area contributed by atoms with Crippen LogP contribution in [0.4, 0.5) is 21.6 Å². The first-order valence-electron chi connectivity index (χ1n) is 7.47. The Kier molecular flexibility index (Phi) is 4.45. The Hall–Kier alpha value is -2.87. The Labute approximate surface area is 145 Å². The number of rotatable bonds is 5. The summed E-state index contributed by atoms with van der Waals surface area (Å²) < 4.78 is 38.0. The minimum absolute atomic E-state index is 0.292. The number of hydrogen-bond donors (Lipinski definition) is 3. The number of nitrogens with zero attached hydrogens (tertiary/aromatic N) is 1.